The van der Waals surface area contributed by atoms with Crippen LogP contribution in [0.4, 0.5) is 5.69 Å². The molecule has 0 atom stereocenters. The Morgan fingerprint density at radius 1 is 1.50 bits per heavy atom. The molecule has 3 nitrogen and oxygen atoms in total. The van der Waals surface area contributed by atoms with Gasteiger partial charge < -0.3 is 4.74 Å². The minimum Gasteiger partial charge on any atom is -0.380 e. The molecule has 0 spiro atoms. The number of benzene rings is 1. The van der Waals surface area contributed by atoms with Gasteiger partial charge in [-0.05, 0) is 23.8 Å². The maximum atomic E-state index is 8.64. The molecule has 0 saturated carbocycles. The Morgan fingerprint density at radius 3 is 2.83 bits per heavy atom. The van der Waals surface area contributed by atoms with Crippen molar-refractivity contribution in [1.29, 1.82) is 0 Å². The summed E-state index contributed by atoms with van der Waals surface area (Å²) in [6, 6.07) is 5.53. The van der Waals surface area contributed by atoms with Crippen LogP contribution in [0.3, 0.4) is 0 Å². The van der Waals surface area contributed by atoms with Crippen LogP contribution in [0.25, 0.3) is 0 Å². The maximum absolute atomic E-state index is 8.64. The molecule has 0 radical (unpaired) electrons. The molecule has 0 fully saturated rings. The van der Waals surface area contributed by atoms with E-state index in [1.165, 1.54) is 0 Å². The first kappa shape index (κ1) is 9.51. The molecule has 0 aliphatic heterocycles. The second-order valence-electron chi connectivity index (χ2n) is 2.39. The van der Waals surface area contributed by atoms with Crippen molar-refractivity contribution in [2.75, 3.05) is 12.6 Å². The van der Waals surface area contributed by atoms with E-state index in [1.54, 1.807) is 13.2 Å². The number of methoxy groups -OCH3 is 1. The van der Waals surface area contributed by atoms with Crippen LogP contribution in [0, 0.1) is 0 Å². The van der Waals surface area contributed by atoms with Crippen LogP contribution >= 0.6 is 15.9 Å². The van der Waals surface area contributed by atoms with Crippen molar-refractivity contribution in [2.45, 2.75) is 6.61 Å². The third-order valence-corrected chi connectivity index (χ3v) is 1.86. The summed E-state index contributed by atoms with van der Waals surface area (Å²) < 4.78 is 5.86. The van der Waals surface area contributed by atoms with Crippen molar-refractivity contribution in [2.24, 2.45) is 0 Å². The molecule has 2 N–H and O–H groups in total. The van der Waals surface area contributed by atoms with Gasteiger partial charge in [0.1, 0.15) is 0 Å². The van der Waals surface area contributed by atoms with Gasteiger partial charge in [0.2, 0.25) is 0 Å². The summed E-state index contributed by atoms with van der Waals surface area (Å²) >= 11 is 3.32. The average Bonchev–Trinajstić information content (AvgIpc) is 2.04. The Balaban J connectivity index is 2.90. The summed E-state index contributed by atoms with van der Waals surface area (Å²) in [7, 11) is 1.63. The van der Waals surface area contributed by atoms with E-state index >= 15 is 0 Å². The highest BCUT2D eigenvalue weighted by Gasteiger charge is 1.97. The van der Waals surface area contributed by atoms with Gasteiger partial charge in [0.05, 0.1) is 12.3 Å². The van der Waals surface area contributed by atoms with Gasteiger partial charge in [-0.2, -0.15) is 0 Å². The number of anilines is 1. The molecule has 1 rings (SSSR count). The summed E-state index contributed by atoms with van der Waals surface area (Å²) in [5.41, 5.74) is 3.73. The fourth-order valence-electron chi connectivity index (χ4n) is 0.965. The van der Waals surface area contributed by atoms with E-state index in [2.05, 4.69) is 21.4 Å². The lowest BCUT2D eigenvalue weighted by molar-refractivity contribution is 0.185. The molecular weight excluding hydrogens is 222 g/mol. The quantitative estimate of drug-likeness (QED) is 0.786. The predicted molar refractivity (Wildman–Crippen MR) is 50.3 cm³/mol. The molecule has 0 aliphatic carbocycles. The van der Waals surface area contributed by atoms with Crippen molar-refractivity contribution < 1.29 is 9.94 Å². The van der Waals surface area contributed by atoms with Gasteiger partial charge in [0.25, 0.3) is 0 Å². The maximum Gasteiger partial charge on any atom is 0.0714 e. The van der Waals surface area contributed by atoms with Gasteiger partial charge in [-0.15, -0.1) is 0 Å². The molecule has 0 bridgehead atoms. The first-order valence-corrected chi connectivity index (χ1v) is 4.24. The molecule has 0 saturated heterocycles. The van der Waals surface area contributed by atoms with Gasteiger partial charge in [0.15, 0.2) is 0 Å². The SMILES string of the molecule is COCc1cc(Br)cc(NO)c1. The molecule has 12 heavy (non-hydrogen) atoms. The molecule has 1 aromatic rings. The molecule has 0 amide bonds. The minimum absolute atomic E-state index is 0.536. The van der Waals surface area contributed by atoms with Crippen LogP contribution in [0.1, 0.15) is 5.56 Å². The Bertz CT molecular complexity index is 265. The number of rotatable bonds is 3. The highest BCUT2D eigenvalue weighted by Crippen LogP contribution is 2.19. The summed E-state index contributed by atoms with van der Waals surface area (Å²) in [4.78, 5) is 0. The molecule has 0 aromatic heterocycles. The molecular formula is C8H10BrNO2. The normalized spacial score (nSPS) is 9.92. The zero-order chi connectivity index (χ0) is 8.97. The average molecular weight is 232 g/mol. The van der Waals surface area contributed by atoms with Gasteiger partial charge in [-0.25, -0.2) is 0 Å². The largest absolute Gasteiger partial charge is 0.380 e. The molecule has 1 aromatic carbocycles. The Morgan fingerprint density at radius 2 is 2.25 bits per heavy atom. The van der Waals surface area contributed by atoms with E-state index in [-0.39, 0.29) is 0 Å². The van der Waals surface area contributed by atoms with Crippen molar-refractivity contribution >= 4 is 21.6 Å². The standard InChI is InChI=1S/C8H10BrNO2/c1-12-5-6-2-7(9)4-8(3-6)10-11/h2-4,10-11H,5H2,1H3. The molecule has 4 heteroatoms. The second-order valence-corrected chi connectivity index (χ2v) is 3.31. The highest BCUT2D eigenvalue weighted by atomic mass is 79.9. The van der Waals surface area contributed by atoms with Crippen molar-refractivity contribution in [3.63, 3.8) is 0 Å². The number of hydrogen-bond acceptors (Lipinski definition) is 3. The van der Waals surface area contributed by atoms with E-state index in [1.807, 2.05) is 12.1 Å². The molecule has 66 valence electrons. The zero-order valence-corrected chi connectivity index (χ0v) is 8.26. The zero-order valence-electron chi connectivity index (χ0n) is 6.67. The first-order valence-electron chi connectivity index (χ1n) is 3.45. The van der Waals surface area contributed by atoms with Crippen LogP contribution in [0.15, 0.2) is 22.7 Å². The van der Waals surface area contributed by atoms with Crippen molar-refractivity contribution in [3.05, 3.63) is 28.2 Å². The third-order valence-electron chi connectivity index (χ3n) is 1.40. The lowest BCUT2D eigenvalue weighted by Gasteiger charge is -2.04. The van der Waals surface area contributed by atoms with Crippen molar-refractivity contribution in [3.8, 4) is 0 Å². The summed E-state index contributed by atoms with van der Waals surface area (Å²) in [5, 5.41) is 8.64. The fraction of sp³-hybridized carbons (Fsp3) is 0.250. The topological polar surface area (TPSA) is 41.5 Å². The van der Waals surface area contributed by atoms with Crippen LogP contribution in [0.2, 0.25) is 0 Å². The highest BCUT2D eigenvalue weighted by molar-refractivity contribution is 9.10. The Labute approximate surface area is 79.4 Å². The van der Waals surface area contributed by atoms with Gasteiger partial charge in [-0.1, -0.05) is 15.9 Å². The lowest BCUT2D eigenvalue weighted by Crippen LogP contribution is -1.93. The van der Waals surface area contributed by atoms with E-state index in [9.17, 15) is 0 Å². The van der Waals surface area contributed by atoms with Crippen LogP contribution < -0.4 is 5.48 Å². The van der Waals surface area contributed by atoms with E-state index < -0.39 is 0 Å². The second kappa shape index (κ2) is 4.45. The van der Waals surface area contributed by atoms with Gasteiger partial charge >= 0.3 is 0 Å². The minimum atomic E-state index is 0.536. The molecule has 0 aliphatic rings. The van der Waals surface area contributed by atoms with E-state index in [4.69, 9.17) is 9.94 Å². The van der Waals surface area contributed by atoms with E-state index in [0.29, 0.717) is 12.3 Å². The Hall–Kier alpha value is -0.580. The third kappa shape index (κ3) is 2.48. The summed E-state index contributed by atoms with van der Waals surface area (Å²) in [6.07, 6.45) is 0. The van der Waals surface area contributed by atoms with Crippen LogP contribution in [0.5, 0.6) is 0 Å². The predicted octanol–water partition coefficient (Wildman–Crippen LogP) is 2.40. The molecule has 0 unspecified atom stereocenters. The van der Waals surface area contributed by atoms with Crippen LogP contribution in [-0.2, 0) is 11.3 Å². The van der Waals surface area contributed by atoms with Crippen LogP contribution in [-0.4, -0.2) is 12.3 Å². The monoisotopic (exact) mass is 231 g/mol. The summed E-state index contributed by atoms with van der Waals surface area (Å²) in [6.45, 7) is 0.536. The number of halogens is 1. The van der Waals surface area contributed by atoms with Gasteiger partial charge in [-0.3, -0.25) is 10.7 Å². The van der Waals surface area contributed by atoms with Crippen molar-refractivity contribution in [1.82, 2.24) is 0 Å². The van der Waals surface area contributed by atoms with Gasteiger partial charge in [0, 0.05) is 11.6 Å². The number of nitrogens with one attached hydrogen (secondary N) is 1. The number of ether oxygens (including phenoxy) is 1. The first-order chi connectivity index (χ1) is 5.76. The molecule has 0 heterocycles. The summed E-state index contributed by atoms with van der Waals surface area (Å²) in [5.74, 6) is 0. The number of hydrogen-bond donors (Lipinski definition) is 2. The lowest BCUT2D eigenvalue weighted by atomic mass is 10.2. The smallest absolute Gasteiger partial charge is 0.0714 e. The van der Waals surface area contributed by atoms with E-state index in [0.717, 1.165) is 10.0 Å². The fourth-order valence-corrected chi connectivity index (χ4v) is 1.51. The Kier molecular flexibility index (Phi) is 3.52.